The van der Waals surface area contributed by atoms with E-state index in [0.717, 1.165) is 16.7 Å². The lowest BCUT2D eigenvalue weighted by molar-refractivity contribution is 0.419. The fraction of sp³-hybridized carbons (Fsp3) is 0.136. The monoisotopic (exact) mass is 378 g/mol. The molecule has 0 radical (unpaired) electrons. The standard InChI is InChI=1S/C22H22N2O2S/c1-19-12-14-22(15-13-19)27(25,26)23-18-24(16-20-8-4-2-5-9-20)17-21-10-6-3-7-11-21/h2-15,18H,16-17H2,1H3. The highest BCUT2D eigenvalue weighted by Crippen LogP contribution is 2.14. The number of rotatable bonds is 7. The van der Waals surface area contributed by atoms with Gasteiger partial charge in [0.2, 0.25) is 0 Å². The van der Waals surface area contributed by atoms with Gasteiger partial charge in [-0.05, 0) is 30.2 Å². The van der Waals surface area contributed by atoms with E-state index < -0.39 is 10.0 Å². The van der Waals surface area contributed by atoms with Crippen LogP contribution in [0.15, 0.2) is 94.2 Å². The molecule has 0 spiro atoms. The molecule has 0 amide bonds. The van der Waals surface area contributed by atoms with Gasteiger partial charge in [0.15, 0.2) is 0 Å². The van der Waals surface area contributed by atoms with Gasteiger partial charge in [-0.15, -0.1) is 4.40 Å². The fourth-order valence-electron chi connectivity index (χ4n) is 2.67. The summed E-state index contributed by atoms with van der Waals surface area (Å²) in [7, 11) is -3.73. The van der Waals surface area contributed by atoms with Crippen LogP contribution in [0, 0.1) is 6.92 Å². The molecule has 138 valence electrons. The average molecular weight is 378 g/mol. The Morgan fingerprint density at radius 2 is 1.26 bits per heavy atom. The largest absolute Gasteiger partial charge is 0.353 e. The van der Waals surface area contributed by atoms with Gasteiger partial charge in [-0.1, -0.05) is 78.4 Å². The van der Waals surface area contributed by atoms with Gasteiger partial charge < -0.3 is 4.90 Å². The molecule has 4 nitrogen and oxygen atoms in total. The van der Waals surface area contributed by atoms with E-state index in [0.29, 0.717) is 13.1 Å². The van der Waals surface area contributed by atoms with Crippen molar-refractivity contribution in [3.8, 4) is 0 Å². The lowest BCUT2D eigenvalue weighted by atomic mass is 10.2. The molecule has 0 unspecified atom stereocenters. The van der Waals surface area contributed by atoms with Crippen molar-refractivity contribution in [1.29, 1.82) is 0 Å². The number of hydrogen-bond acceptors (Lipinski definition) is 2. The smallest absolute Gasteiger partial charge is 0.283 e. The van der Waals surface area contributed by atoms with Gasteiger partial charge in [-0.3, -0.25) is 0 Å². The third-order valence-electron chi connectivity index (χ3n) is 4.13. The van der Waals surface area contributed by atoms with Crippen molar-refractivity contribution < 1.29 is 8.42 Å². The minimum atomic E-state index is -3.73. The molecule has 5 heteroatoms. The van der Waals surface area contributed by atoms with Gasteiger partial charge in [-0.2, -0.15) is 8.42 Å². The molecule has 27 heavy (non-hydrogen) atoms. The second-order valence-electron chi connectivity index (χ2n) is 6.39. The highest BCUT2D eigenvalue weighted by atomic mass is 32.2. The molecule has 0 N–H and O–H groups in total. The number of aryl methyl sites for hydroxylation is 1. The number of hydrogen-bond donors (Lipinski definition) is 0. The molecule has 0 aromatic heterocycles. The second kappa shape index (κ2) is 8.64. The first-order chi connectivity index (χ1) is 13.0. The molecule has 0 bridgehead atoms. The quantitative estimate of drug-likeness (QED) is 0.452. The topological polar surface area (TPSA) is 49.7 Å². The zero-order chi connectivity index (χ0) is 19.1. The van der Waals surface area contributed by atoms with Crippen LogP contribution in [0.5, 0.6) is 0 Å². The summed E-state index contributed by atoms with van der Waals surface area (Å²) in [6, 6.07) is 26.6. The Hall–Kier alpha value is -2.92. The van der Waals surface area contributed by atoms with Crippen molar-refractivity contribution in [1.82, 2.24) is 4.90 Å². The fourth-order valence-corrected chi connectivity index (χ4v) is 3.53. The minimum Gasteiger partial charge on any atom is -0.353 e. The first-order valence-corrected chi connectivity index (χ1v) is 10.2. The Kier molecular flexibility index (Phi) is 6.04. The van der Waals surface area contributed by atoms with Gasteiger partial charge in [0.25, 0.3) is 10.0 Å². The van der Waals surface area contributed by atoms with Crippen LogP contribution in [0.25, 0.3) is 0 Å². The van der Waals surface area contributed by atoms with Crippen molar-refractivity contribution in [2.75, 3.05) is 0 Å². The van der Waals surface area contributed by atoms with Crippen LogP contribution in [0.3, 0.4) is 0 Å². The Morgan fingerprint density at radius 3 is 1.74 bits per heavy atom. The summed E-state index contributed by atoms with van der Waals surface area (Å²) in [5.74, 6) is 0. The molecule has 0 saturated carbocycles. The third-order valence-corrected chi connectivity index (χ3v) is 5.36. The molecule has 3 aromatic carbocycles. The molecular weight excluding hydrogens is 356 g/mol. The van der Waals surface area contributed by atoms with Gasteiger partial charge in [0, 0.05) is 13.1 Å². The van der Waals surface area contributed by atoms with E-state index in [9.17, 15) is 8.42 Å². The predicted molar refractivity (Wildman–Crippen MR) is 109 cm³/mol. The summed E-state index contributed by atoms with van der Waals surface area (Å²) in [5, 5.41) is 0. The summed E-state index contributed by atoms with van der Waals surface area (Å²) in [5.41, 5.74) is 3.19. The number of sulfonamides is 1. The lowest BCUT2D eigenvalue weighted by Crippen LogP contribution is -2.21. The maximum Gasteiger partial charge on any atom is 0.283 e. The number of benzene rings is 3. The van der Waals surface area contributed by atoms with E-state index in [1.54, 1.807) is 24.3 Å². The maximum atomic E-state index is 12.5. The number of nitrogens with zero attached hydrogens (tertiary/aromatic N) is 2. The molecule has 0 aliphatic rings. The molecular formula is C22H22N2O2S. The van der Waals surface area contributed by atoms with E-state index in [1.165, 1.54) is 6.34 Å². The van der Waals surface area contributed by atoms with Gasteiger partial charge in [0.1, 0.15) is 6.34 Å². The summed E-state index contributed by atoms with van der Waals surface area (Å²) in [6.07, 6.45) is 1.43. The molecule has 3 rings (SSSR count). The summed E-state index contributed by atoms with van der Waals surface area (Å²) < 4.78 is 29.0. The molecule has 0 aliphatic heterocycles. The van der Waals surface area contributed by atoms with Gasteiger partial charge in [0.05, 0.1) is 4.90 Å². The average Bonchev–Trinajstić information content (AvgIpc) is 2.68. The summed E-state index contributed by atoms with van der Waals surface area (Å²) in [6.45, 7) is 3.06. The highest BCUT2D eigenvalue weighted by molar-refractivity contribution is 7.90. The van der Waals surface area contributed by atoms with E-state index in [4.69, 9.17) is 0 Å². The SMILES string of the molecule is Cc1ccc(S(=O)(=O)N=CN(Cc2ccccc2)Cc2ccccc2)cc1. The van der Waals surface area contributed by atoms with Crippen LogP contribution in [0.1, 0.15) is 16.7 Å². The van der Waals surface area contributed by atoms with Crippen molar-refractivity contribution in [3.05, 3.63) is 102 Å². The van der Waals surface area contributed by atoms with Crippen molar-refractivity contribution >= 4 is 16.4 Å². The maximum absolute atomic E-state index is 12.5. The van der Waals surface area contributed by atoms with Crippen molar-refractivity contribution in [3.63, 3.8) is 0 Å². The van der Waals surface area contributed by atoms with E-state index in [-0.39, 0.29) is 4.90 Å². The minimum absolute atomic E-state index is 0.198. The van der Waals surface area contributed by atoms with Crippen molar-refractivity contribution in [2.45, 2.75) is 24.9 Å². The molecule has 0 atom stereocenters. The first-order valence-electron chi connectivity index (χ1n) is 8.72. The first kappa shape index (κ1) is 18.9. The van der Waals surface area contributed by atoms with Crippen LogP contribution < -0.4 is 0 Å². The van der Waals surface area contributed by atoms with Crippen LogP contribution in [-0.4, -0.2) is 19.7 Å². The van der Waals surface area contributed by atoms with Crippen LogP contribution in [0.4, 0.5) is 0 Å². The lowest BCUT2D eigenvalue weighted by Gasteiger charge is -2.19. The van der Waals surface area contributed by atoms with Gasteiger partial charge in [-0.25, -0.2) is 0 Å². The van der Waals surface area contributed by atoms with E-state index >= 15 is 0 Å². The highest BCUT2D eigenvalue weighted by Gasteiger charge is 2.12. The molecule has 0 aliphatic carbocycles. The summed E-state index contributed by atoms with van der Waals surface area (Å²) in [4.78, 5) is 2.10. The van der Waals surface area contributed by atoms with E-state index in [2.05, 4.69) is 4.40 Å². The van der Waals surface area contributed by atoms with Crippen molar-refractivity contribution in [2.24, 2.45) is 4.40 Å². The molecule has 3 aromatic rings. The normalized spacial score (nSPS) is 11.6. The Labute approximate surface area is 160 Å². The van der Waals surface area contributed by atoms with E-state index in [1.807, 2.05) is 72.5 Å². The van der Waals surface area contributed by atoms with Crippen LogP contribution >= 0.6 is 0 Å². The Bertz CT molecular complexity index is 942. The summed E-state index contributed by atoms with van der Waals surface area (Å²) >= 11 is 0. The molecule has 0 heterocycles. The Morgan fingerprint density at radius 1 is 0.778 bits per heavy atom. The Balaban J connectivity index is 1.83. The van der Waals surface area contributed by atoms with Crippen LogP contribution in [-0.2, 0) is 23.1 Å². The zero-order valence-electron chi connectivity index (χ0n) is 15.2. The molecule has 0 fully saturated rings. The zero-order valence-corrected chi connectivity index (χ0v) is 16.0. The second-order valence-corrected chi connectivity index (χ2v) is 8.02. The third kappa shape index (κ3) is 5.53. The van der Waals surface area contributed by atoms with Gasteiger partial charge >= 0.3 is 0 Å². The molecule has 0 saturated heterocycles. The predicted octanol–water partition coefficient (Wildman–Crippen LogP) is 4.41. The van der Waals surface area contributed by atoms with Crippen LogP contribution in [0.2, 0.25) is 0 Å².